The van der Waals surface area contributed by atoms with E-state index in [0.717, 1.165) is 28.1 Å². The molecule has 0 spiro atoms. The first-order valence-corrected chi connectivity index (χ1v) is 20.2. The fourth-order valence-electron chi connectivity index (χ4n) is 9.51. The predicted molar refractivity (Wildman–Crippen MR) is 242 cm³/mol. The Morgan fingerprint density at radius 1 is 0.339 bits per heavy atom. The standard InChI is InChI=1S/C54H37N5/c1-54(2)45-30-36(53-56-51(34-16-6-3-7-17-34)55-52(57-53)35-18-8-4-9-19-35)26-28-39(45)40-29-27-38(31-46(40)54)59-48-25-15-13-23-42(48)44-32-43-41-22-12-14-24-47(41)58(49(43)33-50(44)59)37-20-10-5-11-21-37/h3-33H,1-2H3. The smallest absolute Gasteiger partial charge is 0.164 e. The number of hydrogen-bond acceptors (Lipinski definition) is 3. The summed E-state index contributed by atoms with van der Waals surface area (Å²) in [6.45, 7) is 4.69. The highest BCUT2D eigenvalue weighted by atomic mass is 15.0. The predicted octanol–water partition coefficient (Wildman–Crippen LogP) is 13.4. The van der Waals surface area contributed by atoms with E-state index in [9.17, 15) is 0 Å². The van der Waals surface area contributed by atoms with Crippen LogP contribution in [0.4, 0.5) is 0 Å². The van der Waals surface area contributed by atoms with Gasteiger partial charge < -0.3 is 9.13 Å². The van der Waals surface area contributed by atoms with Gasteiger partial charge in [-0.05, 0) is 76.9 Å². The number of benzene rings is 8. The first kappa shape index (κ1) is 33.5. The molecule has 8 aromatic carbocycles. The van der Waals surface area contributed by atoms with Crippen molar-refractivity contribution in [3.63, 3.8) is 0 Å². The van der Waals surface area contributed by atoms with Gasteiger partial charge in [0.1, 0.15) is 0 Å². The van der Waals surface area contributed by atoms with Crippen LogP contribution in [0, 0.1) is 0 Å². The summed E-state index contributed by atoms with van der Waals surface area (Å²) in [6.07, 6.45) is 0. The molecule has 5 nitrogen and oxygen atoms in total. The minimum atomic E-state index is -0.278. The van der Waals surface area contributed by atoms with Gasteiger partial charge in [0, 0.05) is 55.0 Å². The molecule has 59 heavy (non-hydrogen) atoms. The van der Waals surface area contributed by atoms with E-state index in [1.807, 2.05) is 36.4 Å². The van der Waals surface area contributed by atoms with Crippen LogP contribution in [0.5, 0.6) is 0 Å². The molecule has 3 aromatic heterocycles. The molecule has 12 rings (SSSR count). The van der Waals surface area contributed by atoms with Gasteiger partial charge in [-0.25, -0.2) is 15.0 Å². The van der Waals surface area contributed by atoms with Gasteiger partial charge >= 0.3 is 0 Å². The van der Waals surface area contributed by atoms with Crippen molar-refractivity contribution in [2.24, 2.45) is 0 Å². The molecule has 0 saturated heterocycles. The fraction of sp³-hybridized carbons (Fsp3) is 0.0556. The quantitative estimate of drug-likeness (QED) is 0.176. The minimum Gasteiger partial charge on any atom is -0.309 e. The van der Waals surface area contributed by atoms with Crippen molar-refractivity contribution in [2.75, 3.05) is 0 Å². The highest BCUT2D eigenvalue weighted by molar-refractivity contribution is 6.19. The van der Waals surface area contributed by atoms with Gasteiger partial charge in [0.2, 0.25) is 0 Å². The number of aromatic nitrogens is 5. The Kier molecular flexibility index (Phi) is 7.20. The molecule has 1 aliphatic rings. The lowest BCUT2D eigenvalue weighted by Crippen LogP contribution is -2.15. The van der Waals surface area contributed by atoms with Gasteiger partial charge in [-0.15, -0.1) is 0 Å². The number of fused-ring (bicyclic) bond motifs is 9. The first-order valence-electron chi connectivity index (χ1n) is 20.2. The van der Waals surface area contributed by atoms with Gasteiger partial charge in [-0.3, -0.25) is 0 Å². The van der Waals surface area contributed by atoms with Crippen LogP contribution in [0.25, 0.3) is 100 Å². The van der Waals surface area contributed by atoms with Crippen LogP contribution in [0.3, 0.4) is 0 Å². The van der Waals surface area contributed by atoms with Crippen LogP contribution < -0.4 is 0 Å². The SMILES string of the molecule is CC1(C)c2cc(-c3nc(-c4ccccc4)nc(-c4ccccc4)n3)ccc2-c2ccc(-n3c4ccccc4c4cc5c6ccccc6n(-c6ccccc6)c5cc43)cc21. The molecule has 0 unspecified atom stereocenters. The largest absolute Gasteiger partial charge is 0.309 e. The summed E-state index contributed by atoms with van der Waals surface area (Å²) in [6, 6.07) is 67.2. The second kappa shape index (κ2) is 12.7. The maximum Gasteiger partial charge on any atom is 0.164 e. The van der Waals surface area contributed by atoms with E-state index < -0.39 is 0 Å². The lowest BCUT2D eigenvalue weighted by Gasteiger charge is -2.23. The molecular weight excluding hydrogens is 719 g/mol. The van der Waals surface area contributed by atoms with Crippen molar-refractivity contribution in [1.29, 1.82) is 0 Å². The third kappa shape index (κ3) is 5.08. The Balaban J connectivity index is 1.02. The van der Waals surface area contributed by atoms with Crippen LogP contribution in [0.2, 0.25) is 0 Å². The van der Waals surface area contributed by atoms with Crippen LogP contribution in [-0.2, 0) is 5.41 Å². The number of hydrogen-bond donors (Lipinski definition) is 0. The highest BCUT2D eigenvalue weighted by Crippen LogP contribution is 2.51. The summed E-state index contributed by atoms with van der Waals surface area (Å²) in [5, 5.41) is 5.01. The zero-order valence-corrected chi connectivity index (χ0v) is 32.6. The summed E-state index contributed by atoms with van der Waals surface area (Å²) in [5.74, 6) is 1.99. The molecule has 5 heteroatoms. The molecule has 0 saturated carbocycles. The van der Waals surface area contributed by atoms with Gasteiger partial charge in [0.05, 0.1) is 22.1 Å². The molecule has 0 aliphatic heterocycles. The normalized spacial score (nSPS) is 13.1. The number of rotatable bonds is 5. The van der Waals surface area contributed by atoms with Crippen molar-refractivity contribution in [3.8, 4) is 56.7 Å². The van der Waals surface area contributed by atoms with Crippen molar-refractivity contribution in [2.45, 2.75) is 19.3 Å². The van der Waals surface area contributed by atoms with Crippen molar-refractivity contribution >= 4 is 43.6 Å². The van der Waals surface area contributed by atoms with E-state index in [0.29, 0.717) is 17.5 Å². The second-order valence-corrected chi connectivity index (χ2v) is 16.1. The highest BCUT2D eigenvalue weighted by Gasteiger charge is 2.36. The molecule has 0 atom stereocenters. The third-order valence-electron chi connectivity index (χ3n) is 12.4. The van der Waals surface area contributed by atoms with Crippen LogP contribution in [0.15, 0.2) is 188 Å². The van der Waals surface area contributed by atoms with Crippen LogP contribution >= 0.6 is 0 Å². The van der Waals surface area contributed by atoms with Gasteiger partial charge in [0.15, 0.2) is 17.5 Å². The van der Waals surface area contributed by atoms with Gasteiger partial charge in [-0.1, -0.05) is 147 Å². The van der Waals surface area contributed by atoms with E-state index in [4.69, 9.17) is 15.0 Å². The molecule has 1 aliphatic carbocycles. The third-order valence-corrected chi connectivity index (χ3v) is 12.4. The van der Waals surface area contributed by atoms with Crippen LogP contribution in [0.1, 0.15) is 25.0 Å². The Hall–Kier alpha value is -7.63. The van der Waals surface area contributed by atoms with Gasteiger partial charge in [-0.2, -0.15) is 0 Å². The minimum absolute atomic E-state index is 0.278. The topological polar surface area (TPSA) is 48.5 Å². The number of para-hydroxylation sites is 3. The first-order chi connectivity index (χ1) is 29.0. The average molecular weight is 756 g/mol. The monoisotopic (exact) mass is 755 g/mol. The molecule has 278 valence electrons. The lowest BCUT2D eigenvalue weighted by atomic mass is 9.82. The maximum absolute atomic E-state index is 5.06. The Morgan fingerprint density at radius 3 is 1.37 bits per heavy atom. The Bertz CT molecular complexity index is 3390. The summed E-state index contributed by atoms with van der Waals surface area (Å²) in [7, 11) is 0. The summed E-state index contributed by atoms with van der Waals surface area (Å²) < 4.78 is 4.87. The van der Waals surface area contributed by atoms with Crippen molar-refractivity contribution in [1.82, 2.24) is 24.1 Å². The van der Waals surface area contributed by atoms with E-state index in [1.165, 1.54) is 65.9 Å². The average Bonchev–Trinajstić information content (AvgIpc) is 3.88. The maximum atomic E-state index is 5.06. The summed E-state index contributed by atoms with van der Waals surface area (Å²) >= 11 is 0. The molecular formula is C54H37N5. The zero-order chi connectivity index (χ0) is 39.2. The number of nitrogens with zero attached hydrogens (tertiary/aromatic N) is 5. The molecule has 11 aromatic rings. The van der Waals surface area contributed by atoms with Crippen molar-refractivity contribution in [3.05, 3.63) is 199 Å². The molecule has 0 bridgehead atoms. The van der Waals surface area contributed by atoms with Gasteiger partial charge in [0.25, 0.3) is 0 Å². The lowest BCUT2D eigenvalue weighted by molar-refractivity contribution is 0.660. The zero-order valence-electron chi connectivity index (χ0n) is 32.6. The molecule has 0 radical (unpaired) electrons. The van der Waals surface area contributed by atoms with E-state index in [2.05, 4.69) is 175 Å². The summed E-state index contributed by atoms with van der Waals surface area (Å²) in [5.41, 5.74) is 14.8. The van der Waals surface area contributed by atoms with E-state index in [-0.39, 0.29) is 5.41 Å². The van der Waals surface area contributed by atoms with E-state index >= 15 is 0 Å². The molecule has 3 heterocycles. The fourth-order valence-corrected chi connectivity index (χ4v) is 9.51. The molecule has 0 N–H and O–H groups in total. The summed E-state index contributed by atoms with van der Waals surface area (Å²) in [4.78, 5) is 15.1. The van der Waals surface area contributed by atoms with Crippen LogP contribution in [-0.4, -0.2) is 24.1 Å². The molecule has 0 amide bonds. The van der Waals surface area contributed by atoms with Crippen molar-refractivity contribution < 1.29 is 0 Å². The molecule has 0 fully saturated rings. The second-order valence-electron chi connectivity index (χ2n) is 16.1. The van der Waals surface area contributed by atoms with E-state index in [1.54, 1.807) is 0 Å². The Labute approximate surface area is 341 Å². The Morgan fingerprint density at radius 2 is 0.797 bits per heavy atom.